The van der Waals surface area contributed by atoms with E-state index in [-0.39, 0.29) is 23.9 Å². The van der Waals surface area contributed by atoms with Gasteiger partial charge in [0.15, 0.2) is 6.10 Å². The zero-order valence-corrected chi connectivity index (χ0v) is 20.8. The topological polar surface area (TPSA) is 93.5 Å². The molecule has 1 unspecified atom stereocenters. The number of nitrogens with zero attached hydrogens (tertiary/aromatic N) is 3. The van der Waals surface area contributed by atoms with Gasteiger partial charge in [0.1, 0.15) is 11.6 Å². The summed E-state index contributed by atoms with van der Waals surface area (Å²) in [6.45, 7) is 3.98. The summed E-state index contributed by atoms with van der Waals surface area (Å²) in [7, 11) is -3.89. The van der Waals surface area contributed by atoms with Crippen LogP contribution in [0.3, 0.4) is 0 Å². The summed E-state index contributed by atoms with van der Waals surface area (Å²) >= 11 is 0. The lowest BCUT2D eigenvalue weighted by molar-refractivity contribution is -0.127. The Hall–Kier alpha value is -4.11. The molecule has 1 aromatic heterocycles. The van der Waals surface area contributed by atoms with E-state index in [1.54, 1.807) is 54.7 Å². The summed E-state index contributed by atoms with van der Waals surface area (Å²) in [6.07, 6.45) is 2.64. The lowest BCUT2D eigenvalue weighted by atomic mass is 10.2. The van der Waals surface area contributed by atoms with Gasteiger partial charge in [-0.1, -0.05) is 42.0 Å². The number of sulfonamides is 1. The number of rotatable bonds is 6. The molecule has 1 aliphatic rings. The highest BCUT2D eigenvalue weighted by atomic mass is 32.2. The first-order valence-electron chi connectivity index (χ1n) is 11.5. The van der Waals surface area contributed by atoms with Crippen LogP contribution in [-0.2, 0) is 21.4 Å². The molecule has 9 heteroatoms. The molecule has 5 rings (SSSR count). The maximum atomic E-state index is 13.5. The molecule has 2 heterocycles. The Morgan fingerprint density at radius 3 is 2.44 bits per heavy atom. The van der Waals surface area contributed by atoms with E-state index in [0.29, 0.717) is 11.4 Å². The maximum absolute atomic E-state index is 13.5. The molecule has 0 saturated carbocycles. The molecule has 8 nitrogen and oxygen atoms in total. The van der Waals surface area contributed by atoms with E-state index < -0.39 is 16.1 Å². The standard InChI is InChI=1S/C27H26N4O4S/c1-19-7-13-23(14-8-19)36(33,34)31-18-26(35-25-6-4-3-5-24(25)31)27(32)29-17-21-9-11-22(12-10-21)30-16-15-28-20(30)2/h3-16,26H,17-18H2,1-2H3,(H,29,32). The number of fused-ring (bicyclic) bond motifs is 1. The number of imidazole rings is 1. The number of carbonyl (C=O) groups is 1. The molecular formula is C27H26N4O4S. The van der Waals surface area contributed by atoms with E-state index in [4.69, 9.17) is 4.74 Å². The monoisotopic (exact) mass is 502 g/mol. The number of anilines is 1. The molecule has 1 amide bonds. The van der Waals surface area contributed by atoms with Crippen LogP contribution in [0.2, 0.25) is 0 Å². The van der Waals surface area contributed by atoms with Crippen LogP contribution in [0.4, 0.5) is 5.69 Å². The molecule has 0 radical (unpaired) electrons. The van der Waals surface area contributed by atoms with Crippen LogP contribution < -0.4 is 14.4 Å². The zero-order valence-electron chi connectivity index (χ0n) is 20.0. The van der Waals surface area contributed by atoms with E-state index in [1.807, 2.05) is 48.9 Å². The van der Waals surface area contributed by atoms with Crippen LogP contribution in [0.1, 0.15) is 17.0 Å². The second-order valence-corrected chi connectivity index (χ2v) is 10.5. The molecule has 0 spiro atoms. The molecule has 0 fully saturated rings. The Labute approximate surface area is 210 Å². The third kappa shape index (κ3) is 4.57. The van der Waals surface area contributed by atoms with Crippen molar-refractivity contribution < 1.29 is 17.9 Å². The van der Waals surface area contributed by atoms with Gasteiger partial charge in [-0.2, -0.15) is 0 Å². The van der Waals surface area contributed by atoms with Crippen LogP contribution >= 0.6 is 0 Å². The van der Waals surface area contributed by atoms with E-state index >= 15 is 0 Å². The van der Waals surface area contributed by atoms with E-state index in [9.17, 15) is 13.2 Å². The van der Waals surface area contributed by atoms with Crippen LogP contribution in [-0.4, -0.2) is 36.5 Å². The van der Waals surface area contributed by atoms with Crippen LogP contribution in [0, 0.1) is 13.8 Å². The number of para-hydroxylation sites is 2. The molecule has 1 aliphatic heterocycles. The second-order valence-electron chi connectivity index (χ2n) is 8.65. The third-order valence-corrected chi connectivity index (χ3v) is 7.94. The van der Waals surface area contributed by atoms with Crippen molar-refractivity contribution in [3.63, 3.8) is 0 Å². The average molecular weight is 503 g/mol. The number of amides is 1. The molecule has 184 valence electrons. The smallest absolute Gasteiger partial charge is 0.264 e. The number of carbonyl (C=O) groups excluding carboxylic acids is 1. The molecular weight excluding hydrogens is 476 g/mol. The van der Waals surface area contributed by atoms with Crippen molar-refractivity contribution in [1.29, 1.82) is 0 Å². The molecule has 3 aromatic carbocycles. The number of aryl methyl sites for hydroxylation is 2. The first kappa shape index (κ1) is 23.6. The summed E-state index contributed by atoms with van der Waals surface area (Å²) in [4.78, 5) is 17.5. The minimum atomic E-state index is -3.89. The fourth-order valence-electron chi connectivity index (χ4n) is 4.13. The lowest BCUT2D eigenvalue weighted by Gasteiger charge is -2.34. The van der Waals surface area contributed by atoms with Gasteiger partial charge < -0.3 is 14.6 Å². The van der Waals surface area contributed by atoms with E-state index in [1.165, 1.54) is 4.31 Å². The quantitative estimate of drug-likeness (QED) is 0.433. The zero-order chi connectivity index (χ0) is 25.3. The molecule has 1 N–H and O–H groups in total. The van der Waals surface area contributed by atoms with Gasteiger partial charge in [-0.15, -0.1) is 0 Å². The van der Waals surface area contributed by atoms with Crippen molar-refractivity contribution in [2.75, 3.05) is 10.8 Å². The van der Waals surface area contributed by atoms with Gasteiger partial charge in [0.05, 0.1) is 17.1 Å². The lowest BCUT2D eigenvalue weighted by Crippen LogP contribution is -2.50. The fraction of sp³-hybridized carbons (Fsp3) is 0.185. The van der Waals surface area contributed by atoms with Gasteiger partial charge in [-0.25, -0.2) is 13.4 Å². The Morgan fingerprint density at radius 2 is 1.75 bits per heavy atom. The van der Waals surface area contributed by atoms with Gasteiger partial charge in [-0.05, 0) is 55.8 Å². The van der Waals surface area contributed by atoms with Crippen LogP contribution in [0.15, 0.2) is 90.1 Å². The predicted octanol–water partition coefficient (Wildman–Crippen LogP) is 3.76. The van der Waals surface area contributed by atoms with Gasteiger partial charge in [0, 0.05) is 24.6 Å². The summed E-state index contributed by atoms with van der Waals surface area (Å²) in [6, 6.07) is 21.3. The molecule has 0 saturated heterocycles. The molecule has 0 bridgehead atoms. The highest BCUT2D eigenvalue weighted by Gasteiger charge is 2.37. The predicted molar refractivity (Wildman–Crippen MR) is 137 cm³/mol. The first-order chi connectivity index (χ1) is 17.3. The second kappa shape index (κ2) is 9.50. The van der Waals surface area contributed by atoms with Crippen molar-refractivity contribution >= 4 is 21.6 Å². The highest BCUT2D eigenvalue weighted by Crippen LogP contribution is 2.36. The van der Waals surface area contributed by atoms with E-state index in [0.717, 1.165) is 22.6 Å². The Balaban J connectivity index is 1.32. The van der Waals surface area contributed by atoms with E-state index in [2.05, 4.69) is 10.3 Å². The average Bonchev–Trinajstić information content (AvgIpc) is 3.32. The van der Waals surface area contributed by atoms with Gasteiger partial charge in [0.2, 0.25) is 0 Å². The summed E-state index contributed by atoms with van der Waals surface area (Å²) in [5, 5.41) is 2.88. The number of hydrogen-bond acceptors (Lipinski definition) is 5. The number of ether oxygens (including phenoxy) is 1. The third-order valence-electron chi connectivity index (χ3n) is 6.14. The normalized spacial score (nSPS) is 15.2. The Bertz CT molecular complexity index is 1500. The number of aromatic nitrogens is 2. The Morgan fingerprint density at radius 1 is 1.03 bits per heavy atom. The van der Waals surface area contributed by atoms with Gasteiger partial charge >= 0.3 is 0 Å². The number of benzene rings is 3. The van der Waals surface area contributed by atoms with Crippen molar-refractivity contribution in [2.45, 2.75) is 31.4 Å². The van der Waals surface area contributed by atoms with Gasteiger partial charge in [0.25, 0.3) is 15.9 Å². The summed E-state index contributed by atoms with van der Waals surface area (Å²) in [5.74, 6) is 0.846. The van der Waals surface area contributed by atoms with Gasteiger partial charge in [-0.3, -0.25) is 9.10 Å². The fourth-order valence-corrected chi connectivity index (χ4v) is 5.61. The molecule has 0 aliphatic carbocycles. The summed E-state index contributed by atoms with van der Waals surface area (Å²) in [5.41, 5.74) is 3.25. The Kier molecular flexibility index (Phi) is 6.24. The SMILES string of the molecule is Cc1ccc(S(=O)(=O)N2CC(C(=O)NCc3ccc(-n4ccnc4C)cc3)Oc3ccccc32)cc1. The number of nitrogens with one attached hydrogen (secondary N) is 1. The maximum Gasteiger partial charge on any atom is 0.264 e. The molecule has 36 heavy (non-hydrogen) atoms. The summed E-state index contributed by atoms with van der Waals surface area (Å²) < 4.78 is 36.1. The minimum absolute atomic E-state index is 0.127. The van der Waals surface area contributed by atoms with Crippen molar-refractivity contribution in [2.24, 2.45) is 0 Å². The van der Waals surface area contributed by atoms with Crippen molar-refractivity contribution in [3.8, 4) is 11.4 Å². The number of hydrogen-bond donors (Lipinski definition) is 1. The molecule has 4 aromatic rings. The largest absolute Gasteiger partial charge is 0.476 e. The van der Waals surface area contributed by atoms with Crippen molar-refractivity contribution in [1.82, 2.24) is 14.9 Å². The van der Waals surface area contributed by atoms with Crippen molar-refractivity contribution in [3.05, 3.63) is 102 Å². The highest BCUT2D eigenvalue weighted by molar-refractivity contribution is 7.92. The molecule has 1 atom stereocenters. The van der Waals surface area contributed by atoms with Crippen LogP contribution in [0.5, 0.6) is 5.75 Å². The minimum Gasteiger partial charge on any atom is -0.476 e. The first-order valence-corrected chi connectivity index (χ1v) is 13.0. The van der Waals surface area contributed by atoms with Crippen LogP contribution in [0.25, 0.3) is 5.69 Å².